The topological polar surface area (TPSA) is 15.3 Å². The second kappa shape index (κ2) is 13.6. The molecule has 1 aliphatic rings. The summed E-state index contributed by atoms with van der Waals surface area (Å²) in [7, 11) is 0. The van der Waals surface area contributed by atoms with Crippen molar-refractivity contribution in [2.45, 2.75) is 96.9 Å². The van der Waals surface area contributed by atoms with Gasteiger partial charge in [0.05, 0.1) is 0 Å². The van der Waals surface area contributed by atoms with Crippen molar-refractivity contribution < 1.29 is 0 Å². The average Bonchev–Trinajstić information content (AvgIpc) is 2.51. The summed E-state index contributed by atoms with van der Waals surface area (Å²) in [6.45, 7) is 9.74. The molecule has 0 aromatic rings. The van der Waals surface area contributed by atoms with Crippen molar-refractivity contribution in [2.75, 3.05) is 26.2 Å². The number of hydrogen-bond donors (Lipinski definition) is 1. The number of hydrogen-bond acceptors (Lipinski definition) is 2. The minimum atomic E-state index is 0.763. The van der Waals surface area contributed by atoms with Crippen molar-refractivity contribution in [2.24, 2.45) is 0 Å². The maximum atomic E-state index is 3.70. The first-order chi connectivity index (χ1) is 10.4. The van der Waals surface area contributed by atoms with Crippen LogP contribution in [0.5, 0.6) is 0 Å². The van der Waals surface area contributed by atoms with Gasteiger partial charge in [0.2, 0.25) is 0 Å². The number of piperidine rings is 1. The zero-order valence-electron chi connectivity index (χ0n) is 14.8. The number of unbranched alkanes of at least 4 members (excludes halogenated alkanes) is 7. The van der Waals surface area contributed by atoms with Crippen LogP contribution in [0.2, 0.25) is 0 Å². The molecule has 0 aliphatic carbocycles. The Morgan fingerprint density at radius 2 is 1.52 bits per heavy atom. The molecule has 0 aromatic heterocycles. The van der Waals surface area contributed by atoms with Gasteiger partial charge in [-0.1, -0.05) is 65.2 Å². The lowest BCUT2D eigenvalue weighted by Crippen LogP contribution is -2.44. The Labute approximate surface area is 134 Å². The van der Waals surface area contributed by atoms with Gasteiger partial charge in [0, 0.05) is 12.6 Å². The van der Waals surface area contributed by atoms with Gasteiger partial charge in [0.25, 0.3) is 0 Å². The summed E-state index contributed by atoms with van der Waals surface area (Å²) >= 11 is 0. The van der Waals surface area contributed by atoms with Crippen LogP contribution in [-0.2, 0) is 0 Å². The summed E-state index contributed by atoms with van der Waals surface area (Å²) in [5, 5.41) is 3.70. The van der Waals surface area contributed by atoms with Crippen LogP contribution in [0, 0.1) is 0 Å². The van der Waals surface area contributed by atoms with Crippen molar-refractivity contribution in [3.63, 3.8) is 0 Å². The van der Waals surface area contributed by atoms with E-state index in [2.05, 4.69) is 24.1 Å². The third-order valence-electron chi connectivity index (χ3n) is 4.76. The van der Waals surface area contributed by atoms with Crippen LogP contribution in [0.1, 0.15) is 90.9 Å². The van der Waals surface area contributed by atoms with Crippen LogP contribution >= 0.6 is 0 Å². The van der Waals surface area contributed by atoms with E-state index in [0.717, 1.165) is 6.04 Å². The monoisotopic (exact) mass is 296 g/mol. The summed E-state index contributed by atoms with van der Waals surface area (Å²) < 4.78 is 0. The summed E-state index contributed by atoms with van der Waals surface area (Å²) in [4.78, 5) is 2.71. The highest BCUT2D eigenvalue weighted by molar-refractivity contribution is 4.76. The molecule has 0 spiro atoms. The molecule has 2 nitrogen and oxygen atoms in total. The minimum absolute atomic E-state index is 0.763. The molecule has 0 saturated carbocycles. The molecule has 1 saturated heterocycles. The van der Waals surface area contributed by atoms with E-state index in [4.69, 9.17) is 0 Å². The zero-order chi connectivity index (χ0) is 15.2. The molecule has 1 unspecified atom stereocenters. The van der Waals surface area contributed by atoms with E-state index >= 15 is 0 Å². The minimum Gasteiger partial charge on any atom is -0.313 e. The number of nitrogens with zero attached hydrogens (tertiary/aromatic N) is 1. The van der Waals surface area contributed by atoms with E-state index in [9.17, 15) is 0 Å². The quantitative estimate of drug-likeness (QED) is 0.482. The van der Waals surface area contributed by atoms with Crippen molar-refractivity contribution in [1.29, 1.82) is 0 Å². The molecule has 0 bridgehead atoms. The maximum Gasteiger partial charge on any atom is 0.0195 e. The molecule has 1 aliphatic heterocycles. The van der Waals surface area contributed by atoms with Gasteiger partial charge in [0.1, 0.15) is 0 Å². The summed E-state index contributed by atoms with van der Waals surface area (Å²) in [6.07, 6.45) is 16.9. The average molecular weight is 297 g/mol. The first-order valence-electron chi connectivity index (χ1n) is 9.82. The van der Waals surface area contributed by atoms with Gasteiger partial charge < -0.3 is 10.2 Å². The molecule has 2 heteroatoms. The van der Waals surface area contributed by atoms with Gasteiger partial charge in [-0.3, -0.25) is 0 Å². The van der Waals surface area contributed by atoms with Crippen molar-refractivity contribution in [1.82, 2.24) is 10.2 Å². The van der Waals surface area contributed by atoms with E-state index in [-0.39, 0.29) is 0 Å². The Morgan fingerprint density at radius 3 is 2.14 bits per heavy atom. The SMILES string of the molecule is CCCCCCCCCCN(CCC)CC1CCCCN1. The van der Waals surface area contributed by atoms with Crippen molar-refractivity contribution in [3.8, 4) is 0 Å². The Balaban J connectivity index is 2.02. The van der Waals surface area contributed by atoms with Crippen LogP contribution in [0.4, 0.5) is 0 Å². The molecule has 0 amide bonds. The van der Waals surface area contributed by atoms with Crippen LogP contribution in [0.25, 0.3) is 0 Å². The second-order valence-corrected chi connectivity index (χ2v) is 6.92. The molecule has 0 aromatic carbocycles. The predicted octanol–water partition coefficient (Wildman–Crippen LogP) is 4.98. The number of nitrogens with one attached hydrogen (secondary N) is 1. The van der Waals surface area contributed by atoms with Crippen LogP contribution < -0.4 is 5.32 Å². The van der Waals surface area contributed by atoms with E-state index in [1.165, 1.54) is 103 Å². The highest BCUT2D eigenvalue weighted by Gasteiger charge is 2.15. The van der Waals surface area contributed by atoms with E-state index in [1.54, 1.807) is 0 Å². The fourth-order valence-corrected chi connectivity index (χ4v) is 3.47. The zero-order valence-corrected chi connectivity index (χ0v) is 14.8. The largest absolute Gasteiger partial charge is 0.313 e. The van der Waals surface area contributed by atoms with Crippen molar-refractivity contribution >= 4 is 0 Å². The summed E-state index contributed by atoms with van der Waals surface area (Å²) in [5.74, 6) is 0. The highest BCUT2D eigenvalue weighted by atomic mass is 15.1. The van der Waals surface area contributed by atoms with Gasteiger partial charge in [0.15, 0.2) is 0 Å². The second-order valence-electron chi connectivity index (χ2n) is 6.92. The summed E-state index contributed by atoms with van der Waals surface area (Å²) in [5.41, 5.74) is 0. The molecular formula is C19H40N2. The Kier molecular flexibility index (Phi) is 12.3. The Bertz CT molecular complexity index is 212. The van der Waals surface area contributed by atoms with Gasteiger partial charge >= 0.3 is 0 Å². The van der Waals surface area contributed by atoms with E-state index < -0.39 is 0 Å². The molecule has 1 fully saturated rings. The highest BCUT2D eigenvalue weighted by Crippen LogP contribution is 2.11. The lowest BCUT2D eigenvalue weighted by atomic mass is 10.0. The predicted molar refractivity (Wildman–Crippen MR) is 95.0 cm³/mol. The van der Waals surface area contributed by atoms with E-state index in [0.29, 0.717) is 0 Å². The van der Waals surface area contributed by atoms with E-state index in [1.807, 2.05) is 0 Å². The molecular weight excluding hydrogens is 256 g/mol. The number of rotatable bonds is 13. The van der Waals surface area contributed by atoms with Crippen LogP contribution in [0.15, 0.2) is 0 Å². The first kappa shape index (κ1) is 19.0. The maximum absolute atomic E-state index is 3.70. The molecule has 0 radical (unpaired) electrons. The molecule has 126 valence electrons. The standard InChI is InChI=1S/C19H40N2/c1-3-5-6-7-8-9-10-13-17-21(16-4-2)18-19-14-11-12-15-20-19/h19-20H,3-18H2,1-2H3. The van der Waals surface area contributed by atoms with Crippen molar-refractivity contribution in [3.05, 3.63) is 0 Å². The van der Waals surface area contributed by atoms with Gasteiger partial charge in [-0.15, -0.1) is 0 Å². The third-order valence-corrected chi connectivity index (χ3v) is 4.76. The Morgan fingerprint density at radius 1 is 0.810 bits per heavy atom. The molecule has 1 atom stereocenters. The normalized spacial score (nSPS) is 19.3. The summed E-state index contributed by atoms with van der Waals surface area (Å²) in [6, 6.07) is 0.763. The fraction of sp³-hybridized carbons (Fsp3) is 1.00. The lowest BCUT2D eigenvalue weighted by Gasteiger charge is -2.30. The smallest absolute Gasteiger partial charge is 0.0195 e. The fourth-order valence-electron chi connectivity index (χ4n) is 3.47. The molecule has 21 heavy (non-hydrogen) atoms. The first-order valence-corrected chi connectivity index (χ1v) is 9.82. The van der Waals surface area contributed by atoms with Crippen LogP contribution in [-0.4, -0.2) is 37.1 Å². The van der Waals surface area contributed by atoms with Crippen LogP contribution in [0.3, 0.4) is 0 Å². The van der Waals surface area contributed by atoms with Gasteiger partial charge in [-0.25, -0.2) is 0 Å². The third kappa shape index (κ3) is 10.3. The Hall–Kier alpha value is -0.0800. The van der Waals surface area contributed by atoms with Gasteiger partial charge in [-0.05, 0) is 45.3 Å². The molecule has 1 heterocycles. The lowest BCUT2D eigenvalue weighted by molar-refractivity contribution is 0.220. The molecule has 1 N–H and O–H groups in total. The molecule has 1 rings (SSSR count). The van der Waals surface area contributed by atoms with Gasteiger partial charge in [-0.2, -0.15) is 0 Å².